The lowest BCUT2D eigenvalue weighted by atomic mass is 10.1. The second kappa shape index (κ2) is 5.96. The van der Waals surface area contributed by atoms with Gasteiger partial charge >= 0.3 is 6.18 Å². The van der Waals surface area contributed by atoms with E-state index in [2.05, 4.69) is 5.32 Å². The Bertz CT molecular complexity index is 393. The zero-order valence-electron chi connectivity index (χ0n) is 11.8. The smallest absolute Gasteiger partial charge is 0.401 e. The summed E-state index contributed by atoms with van der Waals surface area (Å²) in [5, 5.41) is 3.25. The maximum atomic E-state index is 12.3. The van der Waals surface area contributed by atoms with E-state index in [1.807, 2.05) is 20.8 Å². The number of furan rings is 1. The average molecular weight is 278 g/mol. The van der Waals surface area contributed by atoms with Gasteiger partial charge in [0.2, 0.25) is 0 Å². The van der Waals surface area contributed by atoms with Gasteiger partial charge in [0.25, 0.3) is 0 Å². The lowest BCUT2D eigenvalue weighted by molar-refractivity contribution is -0.144. The van der Waals surface area contributed by atoms with Gasteiger partial charge in [0, 0.05) is 17.6 Å². The van der Waals surface area contributed by atoms with Gasteiger partial charge in [-0.05, 0) is 33.9 Å². The topological polar surface area (TPSA) is 28.4 Å². The maximum absolute atomic E-state index is 12.3. The minimum Gasteiger partial charge on any atom is -0.468 e. The molecule has 1 aromatic heterocycles. The van der Waals surface area contributed by atoms with Gasteiger partial charge in [0.05, 0.1) is 19.4 Å². The summed E-state index contributed by atoms with van der Waals surface area (Å²) in [6, 6.07) is 1.71. The summed E-state index contributed by atoms with van der Waals surface area (Å²) in [6.07, 6.45) is -2.67. The first-order chi connectivity index (χ1) is 8.57. The van der Waals surface area contributed by atoms with Crippen LogP contribution in [-0.4, -0.2) is 30.2 Å². The Kier molecular flexibility index (Phi) is 5.04. The number of nitrogens with zero attached hydrogens (tertiary/aromatic N) is 1. The molecule has 1 rings (SSSR count). The zero-order chi connectivity index (χ0) is 14.7. The van der Waals surface area contributed by atoms with Gasteiger partial charge in [-0.2, -0.15) is 13.2 Å². The Morgan fingerprint density at radius 1 is 1.26 bits per heavy atom. The molecule has 0 aromatic carbocycles. The minimum absolute atomic E-state index is 0.0675. The lowest BCUT2D eigenvalue weighted by Gasteiger charge is -2.21. The van der Waals surface area contributed by atoms with Crippen molar-refractivity contribution in [3.8, 4) is 0 Å². The van der Waals surface area contributed by atoms with Crippen molar-refractivity contribution in [1.82, 2.24) is 10.2 Å². The third-order valence-corrected chi connectivity index (χ3v) is 2.51. The number of nitrogens with one attached hydrogen (secondary N) is 1. The molecule has 0 atom stereocenters. The molecule has 1 aromatic rings. The number of rotatable bonds is 5. The van der Waals surface area contributed by atoms with Crippen molar-refractivity contribution in [2.24, 2.45) is 0 Å². The molecule has 0 radical (unpaired) electrons. The van der Waals surface area contributed by atoms with E-state index < -0.39 is 12.7 Å². The van der Waals surface area contributed by atoms with E-state index >= 15 is 0 Å². The van der Waals surface area contributed by atoms with E-state index in [0.29, 0.717) is 12.3 Å². The van der Waals surface area contributed by atoms with Gasteiger partial charge in [-0.15, -0.1) is 0 Å². The van der Waals surface area contributed by atoms with Gasteiger partial charge < -0.3 is 9.73 Å². The van der Waals surface area contributed by atoms with Crippen LogP contribution in [0.15, 0.2) is 16.7 Å². The summed E-state index contributed by atoms with van der Waals surface area (Å²) < 4.78 is 42.1. The van der Waals surface area contributed by atoms with Crippen LogP contribution in [-0.2, 0) is 13.1 Å². The predicted molar refractivity (Wildman–Crippen MR) is 67.7 cm³/mol. The van der Waals surface area contributed by atoms with Crippen LogP contribution in [0.4, 0.5) is 13.2 Å². The number of alkyl halides is 3. The first-order valence-electron chi connectivity index (χ1n) is 6.12. The summed E-state index contributed by atoms with van der Waals surface area (Å²) in [6.45, 7) is 5.86. The largest absolute Gasteiger partial charge is 0.468 e. The van der Waals surface area contributed by atoms with Crippen molar-refractivity contribution in [2.75, 3.05) is 13.6 Å². The van der Waals surface area contributed by atoms with Crippen molar-refractivity contribution in [3.63, 3.8) is 0 Å². The number of hydrogen-bond acceptors (Lipinski definition) is 3. The highest BCUT2D eigenvalue weighted by Crippen LogP contribution is 2.19. The van der Waals surface area contributed by atoms with Crippen molar-refractivity contribution < 1.29 is 17.6 Å². The Morgan fingerprint density at radius 2 is 1.89 bits per heavy atom. The molecule has 6 heteroatoms. The van der Waals surface area contributed by atoms with Crippen LogP contribution in [0, 0.1) is 0 Å². The Hall–Kier alpha value is -1.01. The molecule has 0 bridgehead atoms. The van der Waals surface area contributed by atoms with Crippen LogP contribution in [0.25, 0.3) is 0 Å². The Morgan fingerprint density at radius 3 is 2.42 bits per heavy atom. The highest BCUT2D eigenvalue weighted by Gasteiger charge is 2.29. The van der Waals surface area contributed by atoms with Crippen LogP contribution in [0.1, 0.15) is 32.1 Å². The second-order valence-corrected chi connectivity index (χ2v) is 5.76. The van der Waals surface area contributed by atoms with E-state index in [1.54, 1.807) is 6.07 Å². The molecule has 110 valence electrons. The van der Waals surface area contributed by atoms with Crippen molar-refractivity contribution in [3.05, 3.63) is 23.7 Å². The first-order valence-corrected chi connectivity index (χ1v) is 6.12. The Balaban J connectivity index is 2.58. The fraction of sp³-hybridized carbons (Fsp3) is 0.692. The van der Waals surface area contributed by atoms with Gasteiger partial charge in [-0.1, -0.05) is 0 Å². The fourth-order valence-corrected chi connectivity index (χ4v) is 1.66. The highest BCUT2D eigenvalue weighted by atomic mass is 19.4. The normalized spacial score (nSPS) is 13.3. The summed E-state index contributed by atoms with van der Waals surface area (Å²) in [4.78, 5) is 1.23. The molecule has 0 spiro atoms. The van der Waals surface area contributed by atoms with E-state index in [1.165, 1.54) is 18.2 Å². The number of halogens is 3. The molecule has 0 fully saturated rings. The quantitative estimate of drug-likeness (QED) is 0.896. The van der Waals surface area contributed by atoms with E-state index in [-0.39, 0.29) is 12.1 Å². The molecule has 0 saturated heterocycles. The van der Waals surface area contributed by atoms with Crippen LogP contribution in [0.3, 0.4) is 0 Å². The van der Waals surface area contributed by atoms with Crippen LogP contribution in [0.5, 0.6) is 0 Å². The molecular formula is C13H21F3N2O. The standard InChI is InChI=1S/C13H21F3N2O/c1-12(2,3)17-7-11-10(5-6-19-11)8-18(4)9-13(14,15)16/h5-6,17H,7-9H2,1-4H3. The summed E-state index contributed by atoms with van der Waals surface area (Å²) >= 11 is 0. The van der Waals surface area contributed by atoms with Gasteiger partial charge in [0.15, 0.2) is 0 Å². The van der Waals surface area contributed by atoms with Crippen LogP contribution in [0.2, 0.25) is 0 Å². The van der Waals surface area contributed by atoms with Crippen LogP contribution < -0.4 is 5.32 Å². The van der Waals surface area contributed by atoms with E-state index in [0.717, 1.165) is 5.56 Å². The van der Waals surface area contributed by atoms with Crippen LogP contribution >= 0.6 is 0 Å². The first kappa shape index (κ1) is 16.0. The van der Waals surface area contributed by atoms with Gasteiger partial charge in [0.1, 0.15) is 5.76 Å². The second-order valence-electron chi connectivity index (χ2n) is 5.76. The summed E-state index contributed by atoms with van der Waals surface area (Å²) in [7, 11) is 1.45. The van der Waals surface area contributed by atoms with E-state index in [4.69, 9.17) is 4.42 Å². The molecule has 3 nitrogen and oxygen atoms in total. The van der Waals surface area contributed by atoms with Crippen molar-refractivity contribution in [2.45, 2.75) is 45.6 Å². The lowest BCUT2D eigenvalue weighted by Crippen LogP contribution is -2.35. The van der Waals surface area contributed by atoms with Gasteiger partial charge in [-0.3, -0.25) is 4.90 Å². The third kappa shape index (κ3) is 6.63. The molecule has 0 saturated carbocycles. The maximum Gasteiger partial charge on any atom is 0.401 e. The van der Waals surface area contributed by atoms with Crippen molar-refractivity contribution in [1.29, 1.82) is 0 Å². The molecule has 1 heterocycles. The SMILES string of the molecule is CN(Cc1ccoc1CNC(C)(C)C)CC(F)(F)F. The molecule has 0 aliphatic carbocycles. The Labute approximate surface area is 111 Å². The third-order valence-electron chi connectivity index (χ3n) is 2.51. The molecular weight excluding hydrogens is 257 g/mol. The summed E-state index contributed by atoms with van der Waals surface area (Å²) in [5.74, 6) is 0.684. The van der Waals surface area contributed by atoms with Gasteiger partial charge in [-0.25, -0.2) is 0 Å². The molecule has 0 amide bonds. The molecule has 0 unspecified atom stereocenters. The zero-order valence-corrected chi connectivity index (χ0v) is 11.8. The number of hydrogen-bond donors (Lipinski definition) is 1. The van der Waals surface area contributed by atoms with E-state index in [9.17, 15) is 13.2 Å². The predicted octanol–water partition coefficient (Wildman–Crippen LogP) is 3.16. The molecule has 0 aliphatic heterocycles. The molecule has 19 heavy (non-hydrogen) atoms. The average Bonchev–Trinajstić information content (AvgIpc) is 2.57. The molecule has 1 N–H and O–H groups in total. The summed E-state index contributed by atoms with van der Waals surface area (Å²) in [5.41, 5.74) is 0.713. The van der Waals surface area contributed by atoms with Crippen molar-refractivity contribution >= 4 is 0 Å². The highest BCUT2D eigenvalue weighted by molar-refractivity contribution is 5.17. The minimum atomic E-state index is -4.18. The monoisotopic (exact) mass is 278 g/mol. The molecule has 0 aliphatic rings. The fourth-order valence-electron chi connectivity index (χ4n) is 1.66.